The highest BCUT2D eigenvalue weighted by molar-refractivity contribution is 6.38. The first-order valence-electron chi connectivity index (χ1n) is 17.7. The second-order valence-electron chi connectivity index (χ2n) is 14.2. The van der Waals surface area contributed by atoms with Crippen molar-refractivity contribution in [2.24, 2.45) is 17.3 Å². The second-order valence-corrected chi connectivity index (χ2v) is 14.2. The first-order chi connectivity index (χ1) is 22.1. The zero-order chi connectivity index (χ0) is 33.3. The van der Waals surface area contributed by atoms with E-state index in [1.54, 1.807) is 4.90 Å². The summed E-state index contributed by atoms with van der Waals surface area (Å²) < 4.78 is 0. The molecule has 11 heteroatoms. The standard InChI is InChI=1S/C35H55N5O6/c1-4-13-25(29(42)32(44)36-21-5-2)37-31(43)26-16-12-22-40(26)33(45)30(35(3)19-10-7-11-20-35)39-34(46)38-27(28(41)24-17-18-24)23-14-8-6-9-15-23/h5,23-27,30H,2,4,6-22H2,1,3H3,(H,36,44)(H,37,43)(H2,38,39,46). The molecule has 4 unspecified atom stereocenters. The molecule has 0 aromatic heterocycles. The number of nitrogens with one attached hydrogen (secondary N) is 4. The fraction of sp³-hybridized carbons (Fsp3) is 0.771. The maximum atomic E-state index is 14.4. The minimum Gasteiger partial charge on any atom is -0.346 e. The van der Waals surface area contributed by atoms with Gasteiger partial charge in [0.2, 0.25) is 17.6 Å². The van der Waals surface area contributed by atoms with E-state index in [0.29, 0.717) is 25.8 Å². The minimum atomic E-state index is -1.00. The molecule has 1 heterocycles. The summed E-state index contributed by atoms with van der Waals surface area (Å²) in [4.78, 5) is 81.8. The summed E-state index contributed by atoms with van der Waals surface area (Å²) in [6.07, 6.45) is 14.6. The molecule has 0 aromatic rings. The second kappa shape index (κ2) is 16.5. The lowest BCUT2D eigenvalue weighted by molar-refractivity contribution is -0.144. The first kappa shape index (κ1) is 35.6. The van der Waals surface area contributed by atoms with Crippen LogP contribution in [0.3, 0.4) is 0 Å². The zero-order valence-electron chi connectivity index (χ0n) is 27.9. The molecule has 256 valence electrons. The highest BCUT2D eigenvalue weighted by Crippen LogP contribution is 2.40. The summed E-state index contributed by atoms with van der Waals surface area (Å²) in [6, 6.07) is -3.75. The zero-order valence-corrected chi connectivity index (χ0v) is 27.9. The molecule has 1 saturated heterocycles. The van der Waals surface area contributed by atoms with Gasteiger partial charge in [0, 0.05) is 19.0 Å². The van der Waals surface area contributed by atoms with E-state index in [2.05, 4.69) is 27.8 Å². The Balaban J connectivity index is 1.50. The predicted octanol–water partition coefficient (Wildman–Crippen LogP) is 3.70. The number of nitrogens with zero attached hydrogens (tertiary/aromatic N) is 1. The number of Topliss-reactive ketones (excluding diaryl/α,β-unsaturated/α-hetero) is 2. The van der Waals surface area contributed by atoms with E-state index in [1.165, 1.54) is 6.08 Å². The number of amides is 5. The highest BCUT2D eigenvalue weighted by Gasteiger charge is 2.47. The van der Waals surface area contributed by atoms with Crippen LogP contribution in [0.15, 0.2) is 12.7 Å². The van der Waals surface area contributed by atoms with Gasteiger partial charge in [-0.1, -0.05) is 64.9 Å². The molecule has 11 nitrogen and oxygen atoms in total. The number of urea groups is 1. The Bertz CT molecular complexity index is 1140. The number of rotatable bonds is 15. The molecule has 4 rings (SSSR count). The molecule has 3 aliphatic carbocycles. The van der Waals surface area contributed by atoms with Crippen LogP contribution in [0.25, 0.3) is 0 Å². The molecule has 4 atom stereocenters. The van der Waals surface area contributed by atoms with E-state index >= 15 is 0 Å². The lowest BCUT2D eigenvalue weighted by Crippen LogP contribution is -2.62. The number of hydrogen-bond donors (Lipinski definition) is 4. The van der Waals surface area contributed by atoms with Crippen molar-refractivity contribution in [2.75, 3.05) is 13.1 Å². The van der Waals surface area contributed by atoms with Crippen LogP contribution >= 0.6 is 0 Å². The normalized spacial score (nSPS) is 23.3. The molecule has 1 aliphatic heterocycles. The van der Waals surface area contributed by atoms with Crippen molar-refractivity contribution in [1.82, 2.24) is 26.2 Å². The maximum Gasteiger partial charge on any atom is 0.316 e. The van der Waals surface area contributed by atoms with E-state index in [4.69, 9.17) is 0 Å². The van der Waals surface area contributed by atoms with E-state index in [1.807, 2.05) is 13.8 Å². The minimum absolute atomic E-state index is 0.0147. The SMILES string of the molecule is C=CCNC(=O)C(=O)C(CCC)NC(=O)C1CCCN1C(=O)C(NC(=O)NC(C(=O)C1CC1)C1CCCCC1)C1(C)CCCCC1. The topological polar surface area (TPSA) is 154 Å². The van der Waals surface area contributed by atoms with E-state index in [0.717, 1.165) is 77.0 Å². The van der Waals surface area contributed by atoms with Crippen molar-refractivity contribution in [2.45, 2.75) is 141 Å². The molecule has 4 N–H and O–H groups in total. The highest BCUT2D eigenvalue weighted by atomic mass is 16.2. The van der Waals surface area contributed by atoms with Crippen molar-refractivity contribution in [3.8, 4) is 0 Å². The summed E-state index contributed by atoms with van der Waals surface area (Å²) in [6.45, 7) is 7.93. The van der Waals surface area contributed by atoms with Gasteiger partial charge in [0.1, 0.15) is 12.1 Å². The van der Waals surface area contributed by atoms with Crippen molar-refractivity contribution >= 4 is 35.3 Å². The maximum absolute atomic E-state index is 14.4. The smallest absolute Gasteiger partial charge is 0.316 e. The van der Waals surface area contributed by atoms with Crippen LogP contribution < -0.4 is 21.3 Å². The van der Waals surface area contributed by atoms with Gasteiger partial charge >= 0.3 is 6.03 Å². The third-order valence-electron chi connectivity index (χ3n) is 10.6. The van der Waals surface area contributed by atoms with Crippen LogP contribution in [0.2, 0.25) is 0 Å². The van der Waals surface area contributed by atoms with Crippen LogP contribution in [0.1, 0.15) is 117 Å². The van der Waals surface area contributed by atoms with Gasteiger partial charge < -0.3 is 26.2 Å². The van der Waals surface area contributed by atoms with Crippen LogP contribution in [-0.2, 0) is 24.0 Å². The molecule has 0 radical (unpaired) electrons. The Morgan fingerprint density at radius 2 is 1.54 bits per heavy atom. The summed E-state index contributed by atoms with van der Waals surface area (Å²) in [5.41, 5.74) is -0.513. The average Bonchev–Trinajstić information content (AvgIpc) is 3.80. The van der Waals surface area contributed by atoms with Gasteiger partial charge in [-0.05, 0) is 69.1 Å². The van der Waals surface area contributed by atoms with Crippen molar-refractivity contribution in [3.05, 3.63) is 12.7 Å². The lowest BCUT2D eigenvalue weighted by atomic mass is 9.70. The van der Waals surface area contributed by atoms with E-state index < -0.39 is 53.2 Å². The molecule has 4 fully saturated rings. The molecule has 3 saturated carbocycles. The molecule has 0 aromatic carbocycles. The predicted molar refractivity (Wildman–Crippen MR) is 175 cm³/mol. The van der Waals surface area contributed by atoms with Gasteiger partial charge in [0.05, 0.1) is 12.1 Å². The van der Waals surface area contributed by atoms with E-state index in [-0.39, 0.29) is 36.5 Å². The molecule has 46 heavy (non-hydrogen) atoms. The fourth-order valence-corrected chi connectivity index (χ4v) is 7.71. The quantitative estimate of drug-likeness (QED) is 0.158. The van der Waals surface area contributed by atoms with Crippen molar-refractivity contribution in [1.29, 1.82) is 0 Å². The Labute approximate surface area is 273 Å². The third kappa shape index (κ3) is 8.97. The molecular formula is C35H55N5O6. The van der Waals surface area contributed by atoms with Crippen LogP contribution in [-0.4, -0.2) is 77.5 Å². The fourth-order valence-electron chi connectivity index (χ4n) is 7.71. The molecular weight excluding hydrogens is 586 g/mol. The monoisotopic (exact) mass is 641 g/mol. The summed E-state index contributed by atoms with van der Waals surface area (Å²) in [7, 11) is 0. The first-order valence-corrected chi connectivity index (χ1v) is 17.7. The largest absolute Gasteiger partial charge is 0.346 e. The van der Waals surface area contributed by atoms with Crippen molar-refractivity contribution < 1.29 is 28.8 Å². The van der Waals surface area contributed by atoms with Gasteiger partial charge in [-0.15, -0.1) is 6.58 Å². The van der Waals surface area contributed by atoms with Gasteiger partial charge in [-0.2, -0.15) is 0 Å². The molecule has 0 bridgehead atoms. The summed E-state index contributed by atoms with van der Waals surface area (Å²) in [5.74, 6) is -2.07. The average molecular weight is 642 g/mol. The lowest BCUT2D eigenvalue weighted by Gasteiger charge is -2.42. The molecule has 5 amide bonds. The molecule has 4 aliphatic rings. The Morgan fingerprint density at radius 3 is 2.17 bits per heavy atom. The van der Waals surface area contributed by atoms with Crippen LogP contribution in [0, 0.1) is 17.3 Å². The number of carbonyl (C=O) groups excluding carboxylic acids is 6. The number of ketones is 2. The van der Waals surface area contributed by atoms with Crippen LogP contribution in [0.4, 0.5) is 4.79 Å². The number of carbonyl (C=O) groups is 6. The third-order valence-corrected chi connectivity index (χ3v) is 10.6. The summed E-state index contributed by atoms with van der Waals surface area (Å²) >= 11 is 0. The van der Waals surface area contributed by atoms with Gasteiger partial charge in [0.15, 0.2) is 5.78 Å². The van der Waals surface area contributed by atoms with Crippen LogP contribution in [0.5, 0.6) is 0 Å². The summed E-state index contributed by atoms with van der Waals surface area (Å²) in [5, 5.41) is 11.3. The number of hydrogen-bond acceptors (Lipinski definition) is 6. The van der Waals surface area contributed by atoms with Gasteiger partial charge in [-0.25, -0.2) is 4.79 Å². The van der Waals surface area contributed by atoms with Gasteiger partial charge in [-0.3, -0.25) is 24.0 Å². The van der Waals surface area contributed by atoms with E-state index in [9.17, 15) is 28.8 Å². The number of likely N-dealkylation sites (tertiary alicyclic amines) is 1. The molecule has 0 spiro atoms. The van der Waals surface area contributed by atoms with Crippen molar-refractivity contribution in [3.63, 3.8) is 0 Å². The Hall–Kier alpha value is -3.24. The van der Waals surface area contributed by atoms with Gasteiger partial charge in [0.25, 0.3) is 5.91 Å². The Morgan fingerprint density at radius 1 is 0.870 bits per heavy atom. The Kier molecular flexibility index (Phi) is 12.8.